The lowest BCUT2D eigenvalue weighted by Gasteiger charge is -2.10. The van der Waals surface area contributed by atoms with E-state index in [2.05, 4.69) is 5.32 Å². The zero-order chi connectivity index (χ0) is 11.5. The van der Waals surface area contributed by atoms with Gasteiger partial charge in [0, 0.05) is 17.7 Å². The molecule has 1 aliphatic rings. The molecule has 0 heterocycles. The summed E-state index contributed by atoms with van der Waals surface area (Å²) in [7, 11) is 3.16. The van der Waals surface area contributed by atoms with Gasteiger partial charge in [0.15, 0.2) is 11.5 Å². The second-order valence-electron chi connectivity index (χ2n) is 3.83. The van der Waals surface area contributed by atoms with Crippen LogP contribution in [0.1, 0.15) is 12.8 Å². The highest BCUT2D eigenvalue weighted by atomic mass is 16.5. The molecule has 0 saturated heterocycles. The summed E-state index contributed by atoms with van der Waals surface area (Å²) in [5, 5.41) is 2.86. The van der Waals surface area contributed by atoms with Crippen LogP contribution < -0.4 is 14.8 Å². The fourth-order valence-corrected chi connectivity index (χ4v) is 1.50. The minimum atomic E-state index is 0.0900. The molecular formula is C12H15NO3. The van der Waals surface area contributed by atoms with E-state index in [-0.39, 0.29) is 11.8 Å². The Kier molecular flexibility index (Phi) is 2.99. The smallest absolute Gasteiger partial charge is 0.227 e. The Bertz CT molecular complexity index is 399. The first-order valence-electron chi connectivity index (χ1n) is 5.27. The van der Waals surface area contributed by atoms with E-state index >= 15 is 0 Å². The van der Waals surface area contributed by atoms with Crippen molar-refractivity contribution in [2.45, 2.75) is 12.8 Å². The zero-order valence-electron chi connectivity index (χ0n) is 9.45. The van der Waals surface area contributed by atoms with Gasteiger partial charge in [0.2, 0.25) is 5.91 Å². The van der Waals surface area contributed by atoms with Crippen LogP contribution in [0.4, 0.5) is 5.69 Å². The third kappa shape index (κ3) is 2.27. The third-order valence-corrected chi connectivity index (χ3v) is 2.60. The van der Waals surface area contributed by atoms with Gasteiger partial charge in [-0.05, 0) is 25.0 Å². The molecule has 1 amide bonds. The normalized spacial score (nSPS) is 14.4. The second-order valence-corrected chi connectivity index (χ2v) is 3.83. The molecule has 0 unspecified atom stereocenters. The van der Waals surface area contributed by atoms with E-state index < -0.39 is 0 Å². The van der Waals surface area contributed by atoms with Crippen molar-refractivity contribution in [2.75, 3.05) is 19.5 Å². The molecule has 2 rings (SSSR count). The monoisotopic (exact) mass is 221 g/mol. The average molecular weight is 221 g/mol. The standard InChI is InChI=1S/C12H15NO3/c1-15-10-6-5-9(7-11(10)16-2)13-12(14)8-3-4-8/h5-8H,3-4H2,1-2H3,(H,13,14). The van der Waals surface area contributed by atoms with E-state index in [1.54, 1.807) is 26.4 Å². The van der Waals surface area contributed by atoms with Gasteiger partial charge >= 0.3 is 0 Å². The first-order chi connectivity index (χ1) is 7.74. The number of benzene rings is 1. The number of anilines is 1. The van der Waals surface area contributed by atoms with Crippen molar-refractivity contribution < 1.29 is 14.3 Å². The van der Waals surface area contributed by atoms with Crippen LogP contribution in [0.3, 0.4) is 0 Å². The van der Waals surface area contributed by atoms with Crippen LogP contribution in [0.2, 0.25) is 0 Å². The molecule has 0 aliphatic heterocycles. The fourth-order valence-electron chi connectivity index (χ4n) is 1.50. The highest BCUT2D eigenvalue weighted by Crippen LogP contribution is 2.33. The van der Waals surface area contributed by atoms with Crippen molar-refractivity contribution in [3.8, 4) is 11.5 Å². The van der Waals surface area contributed by atoms with Gasteiger partial charge in [-0.2, -0.15) is 0 Å². The van der Waals surface area contributed by atoms with Gasteiger partial charge in [0.25, 0.3) is 0 Å². The Labute approximate surface area is 94.6 Å². The molecule has 0 aromatic heterocycles. The van der Waals surface area contributed by atoms with Crippen LogP contribution in [0.25, 0.3) is 0 Å². The summed E-state index contributed by atoms with van der Waals surface area (Å²) in [5.74, 6) is 1.57. The Hall–Kier alpha value is -1.71. The molecule has 86 valence electrons. The molecule has 16 heavy (non-hydrogen) atoms. The van der Waals surface area contributed by atoms with E-state index in [0.29, 0.717) is 11.5 Å². The van der Waals surface area contributed by atoms with Crippen molar-refractivity contribution in [3.63, 3.8) is 0 Å². The van der Waals surface area contributed by atoms with Gasteiger partial charge < -0.3 is 14.8 Å². The van der Waals surface area contributed by atoms with Crippen molar-refractivity contribution >= 4 is 11.6 Å². The Balaban J connectivity index is 2.12. The van der Waals surface area contributed by atoms with Gasteiger partial charge in [0.05, 0.1) is 14.2 Å². The average Bonchev–Trinajstić information content (AvgIpc) is 3.12. The van der Waals surface area contributed by atoms with Gasteiger partial charge in [-0.1, -0.05) is 0 Å². The summed E-state index contributed by atoms with van der Waals surface area (Å²) in [6.45, 7) is 0. The molecule has 0 atom stereocenters. The number of nitrogens with one attached hydrogen (secondary N) is 1. The highest BCUT2D eigenvalue weighted by Gasteiger charge is 2.29. The molecule has 0 spiro atoms. The summed E-state index contributed by atoms with van der Waals surface area (Å²) in [4.78, 5) is 11.5. The number of hydrogen-bond donors (Lipinski definition) is 1. The maximum atomic E-state index is 11.5. The van der Waals surface area contributed by atoms with E-state index in [0.717, 1.165) is 18.5 Å². The quantitative estimate of drug-likeness (QED) is 0.846. The predicted molar refractivity (Wildman–Crippen MR) is 60.9 cm³/mol. The van der Waals surface area contributed by atoms with Crippen LogP contribution in [0, 0.1) is 5.92 Å². The predicted octanol–water partition coefficient (Wildman–Crippen LogP) is 2.05. The number of amides is 1. The molecule has 1 fully saturated rings. The Morgan fingerprint density at radius 1 is 1.25 bits per heavy atom. The second kappa shape index (κ2) is 4.43. The molecule has 1 aromatic rings. The molecule has 0 radical (unpaired) electrons. The number of carbonyl (C=O) groups is 1. The molecule has 1 N–H and O–H groups in total. The molecule has 0 bridgehead atoms. The summed E-state index contributed by atoms with van der Waals surface area (Å²) >= 11 is 0. The van der Waals surface area contributed by atoms with E-state index in [1.807, 2.05) is 6.07 Å². The van der Waals surface area contributed by atoms with Crippen LogP contribution in [-0.2, 0) is 4.79 Å². The first kappa shape index (κ1) is 10.8. The summed E-state index contributed by atoms with van der Waals surface area (Å²) in [6, 6.07) is 5.35. The lowest BCUT2D eigenvalue weighted by atomic mass is 10.2. The highest BCUT2D eigenvalue weighted by molar-refractivity contribution is 5.94. The number of ether oxygens (including phenoxy) is 2. The summed E-state index contributed by atoms with van der Waals surface area (Å²) in [5.41, 5.74) is 0.745. The van der Waals surface area contributed by atoms with Crippen molar-refractivity contribution in [3.05, 3.63) is 18.2 Å². The number of hydrogen-bond acceptors (Lipinski definition) is 3. The topological polar surface area (TPSA) is 47.6 Å². The van der Waals surface area contributed by atoms with Crippen molar-refractivity contribution in [2.24, 2.45) is 5.92 Å². The third-order valence-electron chi connectivity index (χ3n) is 2.60. The Morgan fingerprint density at radius 3 is 2.50 bits per heavy atom. The number of carbonyl (C=O) groups excluding carboxylic acids is 1. The summed E-state index contributed by atoms with van der Waals surface area (Å²) < 4.78 is 10.3. The maximum Gasteiger partial charge on any atom is 0.227 e. The number of methoxy groups -OCH3 is 2. The SMILES string of the molecule is COc1ccc(NC(=O)C2CC2)cc1OC. The van der Waals surface area contributed by atoms with Crippen LogP contribution in [0.5, 0.6) is 11.5 Å². The molecule has 4 heteroatoms. The van der Waals surface area contributed by atoms with E-state index in [9.17, 15) is 4.79 Å². The largest absolute Gasteiger partial charge is 0.493 e. The van der Waals surface area contributed by atoms with Gasteiger partial charge in [-0.25, -0.2) is 0 Å². The first-order valence-corrected chi connectivity index (χ1v) is 5.27. The van der Waals surface area contributed by atoms with Crippen molar-refractivity contribution in [1.82, 2.24) is 0 Å². The Morgan fingerprint density at radius 2 is 1.94 bits per heavy atom. The molecule has 4 nitrogen and oxygen atoms in total. The van der Waals surface area contributed by atoms with E-state index in [4.69, 9.17) is 9.47 Å². The number of rotatable bonds is 4. The van der Waals surface area contributed by atoms with Crippen molar-refractivity contribution in [1.29, 1.82) is 0 Å². The minimum absolute atomic E-state index is 0.0900. The van der Waals surface area contributed by atoms with Gasteiger partial charge in [-0.3, -0.25) is 4.79 Å². The molecule has 1 aromatic carbocycles. The minimum Gasteiger partial charge on any atom is -0.493 e. The maximum absolute atomic E-state index is 11.5. The van der Waals surface area contributed by atoms with Crippen LogP contribution >= 0.6 is 0 Å². The fraction of sp³-hybridized carbons (Fsp3) is 0.417. The molecule has 1 saturated carbocycles. The van der Waals surface area contributed by atoms with Gasteiger partial charge in [-0.15, -0.1) is 0 Å². The molecule has 1 aliphatic carbocycles. The lowest BCUT2D eigenvalue weighted by molar-refractivity contribution is -0.117. The summed E-state index contributed by atoms with van der Waals surface area (Å²) in [6.07, 6.45) is 2.00. The molecular weight excluding hydrogens is 206 g/mol. The lowest BCUT2D eigenvalue weighted by Crippen LogP contribution is -2.13. The van der Waals surface area contributed by atoms with Crippen LogP contribution in [0.15, 0.2) is 18.2 Å². The van der Waals surface area contributed by atoms with Crippen LogP contribution in [-0.4, -0.2) is 20.1 Å². The van der Waals surface area contributed by atoms with Gasteiger partial charge in [0.1, 0.15) is 0 Å². The zero-order valence-corrected chi connectivity index (χ0v) is 9.45. The van der Waals surface area contributed by atoms with E-state index in [1.165, 1.54) is 0 Å².